The molecule has 0 fully saturated rings. The molecule has 0 saturated heterocycles. The number of halogens is 2. The Bertz CT molecular complexity index is 828. The Balaban J connectivity index is 2.15. The van der Waals surface area contributed by atoms with Crippen molar-refractivity contribution >= 4 is 50.0 Å². The van der Waals surface area contributed by atoms with Crippen LogP contribution in [-0.2, 0) is 0 Å². The summed E-state index contributed by atoms with van der Waals surface area (Å²) in [4.78, 5) is 4.41. The van der Waals surface area contributed by atoms with Gasteiger partial charge in [0.1, 0.15) is 0 Å². The molecule has 1 aliphatic heterocycles. The predicted molar refractivity (Wildman–Crippen MR) is 118 cm³/mol. The van der Waals surface area contributed by atoms with Crippen molar-refractivity contribution in [3.8, 4) is 0 Å². The van der Waals surface area contributed by atoms with E-state index in [1.807, 2.05) is 0 Å². The van der Waals surface area contributed by atoms with Gasteiger partial charge >= 0.3 is 171 Å². The molecule has 5 heteroatoms. The van der Waals surface area contributed by atoms with Gasteiger partial charge in [-0.25, -0.2) is 0 Å². The fraction of sp³-hybridized carbons (Fsp3) is 0.286. The van der Waals surface area contributed by atoms with Gasteiger partial charge in [-0.3, -0.25) is 0 Å². The maximum absolute atomic E-state index is 6.65. The number of hydrogen-bond donors (Lipinski definition) is 0. The molecule has 0 aromatic heterocycles. The molecule has 2 aromatic carbocycles. The quantitative estimate of drug-likeness (QED) is 0.475. The van der Waals surface area contributed by atoms with Gasteiger partial charge in [0.05, 0.1) is 0 Å². The van der Waals surface area contributed by atoms with Gasteiger partial charge < -0.3 is 0 Å². The van der Waals surface area contributed by atoms with E-state index in [4.69, 9.17) is 17.8 Å². The minimum absolute atomic E-state index is 1.04. The summed E-state index contributed by atoms with van der Waals surface area (Å²) in [6.45, 7) is 12.9. The molecule has 1 aliphatic rings. The number of rotatable bonds is 2. The van der Waals surface area contributed by atoms with Gasteiger partial charge in [-0.15, -0.1) is 0 Å². The zero-order valence-corrected chi connectivity index (χ0v) is 20.5. The standard InChI is InChI=1S/C21H24N2.2ClH.Sn/c1-14-9-16(3)20(17(4)10-14)22-7-8-23(13-22)21-18(5)11-15(2)12-19(21)6;;;/h7-12H,1-6H3;2*1H;/q;;;+2/p-2. The van der Waals surface area contributed by atoms with Gasteiger partial charge in [-0.1, -0.05) is 0 Å². The monoisotopic (exact) mass is 494 g/mol. The third kappa shape index (κ3) is 3.56. The third-order valence-corrected chi connectivity index (χ3v) is 9.35. The van der Waals surface area contributed by atoms with E-state index < -0.39 is 17.0 Å². The Hall–Kier alpha value is -0.971. The Morgan fingerprint density at radius 2 is 0.923 bits per heavy atom. The fourth-order valence-electron chi connectivity index (χ4n) is 4.04. The topological polar surface area (TPSA) is 6.48 Å². The van der Waals surface area contributed by atoms with Crippen LogP contribution in [-0.4, -0.2) is 20.8 Å². The molecule has 1 heterocycles. The van der Waals surface area contributed by atoms with E-state index in [1.165, 1.54) is 44.8 Å². The molecule has 0 atom stereocenters. The summed E-state index contributed by atoms with van der Waals surface area (Å²) in [5, 5.41) is 0. The van der Waals surface area contributed by atoms with E-state index in [2.05, 4.69) is 88.0 Å². The maximum atomic E-state index is 6.65. The zero-order chi connectivity index (χ0) is 19.2. The first-order valence-corrected chi connectivity index (χ1v) is 17.3. The van der Waals surface area contributed by atoms with Crippen molar-refractivity contribution in [2.24, 2.45) is 0 Å². The molecule has 26 heavy (non-hydrogen) atoms. The van der Waals surface area contributed by atoms with Gasteiger partial charge in [-0.2, -0.15) is 0 Å². The van der Waals surface area contributed by atoms with Crippen molar-refractivity contribution < 1.29 is 0 Å². The summed E-state index contributed by atoms with van der Waals surface area (Å²) in [6.07, 6.45) is 4.20. The van der Waals surface area contributed by atoms with Crippen molar-refractivity contribution in [2.75, 3.05) is 9.80 Å². The van der Waals surface area contributed by atoms with E-state index in [0.29, 0.717) is 0 Å². The number of aryl methyl sites for hydroxylation is 6. The van der Waals surface area contributed by atoms with E-state index in [-0.39, 0.29) is 0 Å². The van der Waals surface area contributed by atoms with Crippen LogP contribution < -0.4 is 9.80 Å². The van der Waals surface area contributed by atoms with Gasteiger partial charge in [0, 0.05) is 0 Å². The van der Waals surface area contributed by atoms with E-state index in [9.17, 15) is 0 Å². The predicted octanol–water partition coefficient (Wildman–Crippen LogP) is 5.97. The molecule has 0 spiro atoms. The van der Waals surface area contributed by atoms with Gasteiger partial charge in [0.25, 0.3) is 0 Å². The summed E-state index contributed by atoms with van der Waals surface area (Å²) >= 11 is -2.75. The number of benzene rings is 2. The molecule has 0 saturated carbocycles. The molecule has 0 bridgehead atoms. The zero-order valence-electron chi connectivity index (χ0n) is 16.1. The molecule has 2 nitrogen and oxygen atoms in total. The Labute approximate surface area is 170 Å². The average molecular weight is 494 g/mol. The third-order valence-electron chi connectivity index (χ3n) is 4.74. The van der Waals surface area contributed by atoms with Crippen LogP contribution in [0.3, 0.4) is 0 Å². The summed E-state index contributed by atoms with van der Waals surface area (Å²) in [5.74, 6) is 0. The minimum atomic E-state index is -2.75. The van der Waals surface area contributed by atoms with Crippen LogP contribution >= 0.6 is 17.8 Å². The summed E-state index contributed by atoms with van der Waals surface area (Å²) in [7, 11) is 13.3. The van der Waals surface area contributed by atoms with E-state index in [1.54, 1.807) is 0 Å². The molecule has 0 radical (unpaired) electrons. The van der Waals surface area contributed by atoms with Crippen LogP contribution in [0.4, 0.5) is 11.4 Å². The van der Waals surface area contributed by atoms with Crippen LogP contribution in [0, 0.1) is 41.5 Å². The van der Waals surface area contributed by atoms with E-state index >= 15 is 0 Å². The van der Waals surface area contributed by atoms with Gasteiger partial charge in [0.15, 0.2) is 0 Å². The first-order valence-electron chi connectivity index (χ1n) is 8.68. The van der Waals surface area contributed by atoms with Crippen molar-refractivity contribution in [3.05, 3.63) is 70.0 Å². The molecule has 0 unspecified atom stereocenters. The molecular formula is C21H24Cl2N2Sn. The number of hydrogen-bond acceptors (Lipinski definition) is 2. The number of anilines is 2. The van der Waals surface area contributed by atoms with Gasteiger partial charge in [0.2, 0.25) is 0 Å². The molecule has 0 amide bonds. The molecule has 0 aliphatic carbocycles. The van der Waals surface area contributed by atoms with Crippen LogP contribution in [0.15, 0.2) is 36.7 Å². The SMILES string of the molecule is Cc1cc(C)c(N2C=CN(c3c(C)cc(C)cc3C)[C]2=[Sn]([Cl])[Cl])c(C)c1. The second kappa shape index (κ2) is 7.57. The van der Waals surface area contributed by atoms with Crippen molar-refractivity contribution in [1.82, 2.24) is 0 Å². The summed E-state index contributed by atoms with van der Waals surface area (Å²) < 4.78 is 1.04. The Kier molecular flexibility index (Phi) is 5.76. The summed E-state index contributed by atoms with van der Waals surface area (Å²) in [5.41, 5.74) is 9.86. The van der Waals surface area contributed by atoms with Crippen LogP contribution in [0.25, 0.3) is 0 Å². The first-order chi connectivity index (χ1) is 12.2. The van der Waals surface area contributed by atoms with Crippen LogP contribution in [0.1, 0.15) is 33.4 Å². The van der Waals surface area contributed by atoms with Gasteiger partial charge in [-0.05, 0) is 0 Å². The van der Waals surface area contributed by atoms with E-state index in [0.717, 1.165) is 3.77 Å². The Morgan fingerprint density at radius 3 is 1.19 bits per heavy atom. The molecule has 3 rings (SSSR count). The first kappa shape index (κ1) is 19.8. The van der Waals surface area contributed by atoms with Crippen molar-refractivity contribution in [3.63, 3.8) is 0 Å². The van der Waals surface area contributed by atoms with Crippen molar-refractivity contribution in [1.29, 1.82) is 0 Å². The molecule has 136 valence electrons. The molecule has 2 aromatic rings. The van der Waals surface area contributed by atoms with Crippen LogP contribution in [0.5, 0.6) is 0 Å². The fourth-order valence-corrected chi connectivity index (χ4v) is 8.58. The summed E-state index contributed by atoms with van der Waals surface area (Å²) in [6, 6.07) is 8.85. The normalized spacial score (nSPS) is 13.8. The van der Waals surface area contributed by atoms with Crippen LogP contribution in [0.2, 0.25) is 0 Å². The second-order valence-electron chi connectivity index (χ2n) is 7.12. The van der Waals surface area contributed by atoms with Crippen molar-refractivity contribution in [2.45, 2.75) is 41.5 Å². The average Bonchev–Trinajstić information content (AvgIpc) is 2.89. The second-order valence-corrected chi connectivity index (χ2v) is 16.2. The molecular weight excluding hydrogens is 470 g/mol. The Morgan fingerprint density at radius 1 is 0.615 bits per heavy atom. The molecule has 0 N–H and O–H groups in total. The number of nitrogens with zero attached hydrogens (tertiary/aromatic N) is 2.